The molecule has 83 valence electrons. The molecule has 0 aliphatic heterocycles. The van der Waals surface area contributed by atoms with E-state index in [9.17, 15) is 5.11 Å². The van der Waals surface area contributed by atoms with Crippen LogP contribution in [0.2, 0.25) is 0 Å². The number of amidine groups is 1. The predicted molar refractivity (Wildman–Crippen MR) is 46.1 cm³/mol. The van der Waals surface area contributed by atoms with E-state index in [-0.39, 0.29) is 29.7 Å². The standard InChI is InChI=1S/C6H11N4O3.Cu/c1-3-13-6(11)10-4(7)9-5(8)12-2;/h3H2,1-2H3,(H3-,7,8,9,10,11);/q-1;+2/p-1. The topological polar surface area (TPSA) is 115 Å². The monoisotopic (exact) mass is 249 g/mol. The summed E-state index contributed by atoms with van der Waals surface area (Å²) >= 11 is 0. The second-order valence-corrected chi connectivity index (χ2v) is 1.76. The Hall–Kier alpha value is -1.27. The molecule has 8 heteroatoms. The number of rotatable bonds is 1. The summed E-state index contributed by atoms with van der Waals surface area (Å²) in [5.41, 5.74) is 5.06. The summed E-state index contributed by atoms with van der Waals surface area (Å²) in [4.78, 5) is 6.21. The number of aliphatic imine (C=N–C) groups is 2. The van der Waals surface area contributed by atoms with Gasteiger partial charge in [0.1, 0.15) is 0 Å². The molecule has 0 aliphatic rings. The van der Waals surface area contributed by atoms with E-state index in [4.69, 9.17) is 11.1 Å². The van der Waals surface area contributed by atoms with E-state index in [0.29, 0.717) is 0 Å². The number of nitrogens with zero attached hydrogens (tertiary/aromatic N) is 3. The zero-order valence-corrected chi connectivity index (χ0v) is 8.59. The molecule has 0 aromatic carbocycles. The van der Waals surface area contributed by atoms with Crippen LogP contribution in [0.3, 0.4) is 0 Å². The van der Waals surface area contributed by atoms with Crippen LogP contribution in [0, 0.1) is 0 Å². The number of methoxy groups -OCH3 is 1. The Balaban J connectivity index is 0. The average Bonchev–Trinajstić information content (AvgIpc) is 2.04. The van der Waals surface area contributed by atoms with Gasteiger partial charge < -0.3 is 35.7 Å². The summed E-state index contributed by atoms with van der Waals surface area (Å²) in [6.45, 7) is 1.77. The fourth-order valence-corrected chi connectivity index (χ4v) is 0.407. The van der Waals surface area contributed by atoms with Crippen LogP contribution in [-0.4, -0.2) is 31.8 Å². The SMILES string of the molecule is CCO/C([O-])=N/C(=[N-])/N=C(\N)OC.[Cu+2]. The fraction of sp³-hybridized carbons (Fsp3) is 0.500. The summed E-state index contributed by atoms with van der Waals surface area (Å²) in [5.74, 6) is -0.808. The van der Waals surface area contributed by atoms with Crippen LogP contribution >= 0.6 is 0 Å². The fourth-order valence-electron chi connectivity index (χ4n) is 0.407. The second kappa shape index (κ2) is 8.33. The normalized spacial score (nSPS) is 11.6. The minimum atomic E-state index is -0.937. The maximum atomic E-state index is 10.6. The Morgan fingerprint density at radius 2 is 2.07 bits per heavy atom. The number of nitrogens with two attached hydrogens (primary N) is 1. The van der Waals surface area contributed by atoms with Crippen molar-refractivity contribution in [1.29, 1.82) is 0 Å². The number of guanidine groups is 1. The molecule has 0 amide bonds. The van der Waals surface area contributed by atoms with E-state index in [0.717, 1.165) is 0 Å². The van der Waals surface area contributed by atoms with Crippen molar-refractivity contribution in [2.24, 2.45) is 15.7 Å². The van der Waals surface area contributed by atoms with Crippen molar-refractivity contribution < 1.29 is 31.6 Å². The van der Waals surface area contributed by atoms with Gasteiger partial charge in [0.05, 0.1) is 13.2 Å². The van der Waals surface area contributed by atoms with Gasteiger partial charge in [-0.3, -0.25) is 0 Å². The largest absolute Gasteiger partial charge is 2.00 e. The van der Waals surface area contributed by atoms with Gasteiger partial charge in [-0.2, -0.15) is 0 Å². The molecule has 0 fully saturated rings. The molecule has 7 nitrogen and oxygen atoms in total. The van der Waals surface area contributed by atoms with Crippen LogP contribution in [0.5, 0.6) is 0 Å². The molecule has 0 aromatic rings. The molecular formula is C6H10CuN4O3. The molecule has 1 radical (unpaired) electrons. The third kappa shape index (κ3) is 7.38. The maximum Gasteiger partial charge on any atom is 2.00 e. The molecule has 0 saturated heterocycles. The van der Waals surface area contributed by atoms with E-state index in [2.05, 4.69) is 19.5 Å². The van der Waals surface area contributed by atoms with E-state index in [1.165, 1.54) is 7.11 Å². The van der Waals surface area contributed by atoms with Crippen molar-refractivity contribution in [2.45, 2.75) is 6.92 Å². The smallest absolute Gasteiger partial charge is 0.612 e. The van der Waals surface area contributed by atoms with Crippen LogP contribution in [-0.2, 0) is 26.5 Å². The molecule has 0 saturated carbocycles. The molecule has 14 heavy (non-hydrogen) atoms. The first-order chi connectivity index (χ1) is 6.10. The maximum absolute atomic E-state index is 10.6. The summed E-state index contributed by atoms with van der Waals surface area (Å²) in [5, 5.41) is 19.5. The van der Waals surface area contributed by atoms with Crippen LogP contribution < -0.4 is 10.8 Å². The van der Waals surface area contributed by atoms with Gasteiger partial charge in [-0.25, -0.2) is 0 Å². The summed E-state index contributed by atoms with van der Waals surface area (Å²) < 4.78 is 8.79. The van der Waals surface area contributed by atoms with Crippen LogP contribution in [0.4, 0.5) is 0 Å². The minimum absolute atomic E-state index is 0. The number of ether oxygens (including phenoxy) is 2. The van der Waals surface area contributed by atoms with Crippen LogP contribution in [0.1, 0.15) is 6.92 Å². The Morgan fingerprint density at radius 1 is 1.50 bits per heavy atom. The van der Waals surface area contributed by atoms with Crippen LogP contribution in [0.15, 0.2) is 9.98 Å². The quantitative estimate of drug-likeness (QED) is 0.350. The molecule has 0 bridgehead atoms. The molecule has 0 rings (SSSR count). The van der Waals surface area contributed by atoms with Gasteiger partial charge in [-0.1, -0.05) is 6.92 Å². The van der Waals surface area contributed by atoms with Crippen LogP contribution in [0.25, 0.3) is 5.41 Å². The van der Waals surface area contributed by atoms with Crippen molar-refractivity contribution in [1.82, 2.24) is 0 Å². The summed E-state index contributed by atoms with van der Waals surface area (Å²) in [6.07, 6.45) is -0.937. The summed E-state index contributed by atoms with van der Waals surface area (Å²) in [7, 11) is 1.26. The van der Waals surface area contributed by atoms with Gasteiger partial charge in [0.25, 0.3) is 0 Å². The van der Waals surface area contributed by atoms with Gasteiger partial charge in [-0.15, -0.1) is 0 Å². The molecule has 0 unspecified atom stereocenters. The van der Waals surface area contributed by atoms with E-state index >= 15 is 0 Å². The van der Waals surface area contributed by atoms with Crippen molar-refractivity contribution in [2.75, 3.05) is 13.7 Å². The first kappa shape index (κ1) is 15.2. The van der Waals surface area contributed by atoms with Crippen molar-refractivity contribution in [3.8, 4) is 0 Å². The molecule has 0 aromatic heterocycles. The Morgan fingerprint density at radius 3 is 2.50 bits per heavy atom. The first-order valence-corrected chi connectivity index (χ1v) is 3.42. The molecular weight excluding hydrogens is 240 g/mol. The zero-order valence-electron chi connectivity index (χ0n) is 7.65. The van der Waals surface area contributed by atoms with Gasteiger partial charge in [0, 0.05) is 5.96 Å². The third-order valence-electron chi connectivity index (χ3n) is 0.878. The Bertz CT molecular complexity index is 241. The van der Waals surface area contributed by atoms with E-state index < -0.39 is 12.0 Å². The molecule has 2 N–H and O–H groups in total. The molecule has 0 heterocycles. The molecule has 0 spiro atoms. The Kier molecular flexibility index (Phi) is 9.06. The summed E-state index contributed by atoms with van der Waals surface area (Å²) in [6, 6.07) is -0.300. The Labute approximate surface area is 92.0 Å². The van der Waals surface area contributed by atoms with Gasteiger partial charge in [-0.05, 0) is 6.61 Å². The minimum Gasteiger partial charge on any atom is -0.612 e. The third-order valence-corrected chi connectivity index (χ3v) is 0.878. The average molecular weight is 250 g/mol. The van der Waals surface area contributed by atoms with Crippen molar-refractivity contribution in [3.05, 3.63) is 5.41 Å². The second-order valence-electron chi connectivity index (χ2n) is 1.76. The van der Waals surface area contributed by atoms with Gasteiger partial charge in [0.2, 0.25) is 6.02 Å². The molecule has 0 atom stereocenters. The first-order valence-electron chi connectivity index (χ1n) is 3.42. The van der Waals surface area contributed by atoms with Crippen molar-refractivity contribution in [3.63, 3.8) is 0 Å². The zero-order chi connectivity index (χ0) is 10.3. The number of hydrogen-bond donors (Lipinski definition) is 1. The van der Waals surface area contributed by atoms with E-state index in [1.807, 2.05) is 0 Å². The van der Waals surface area contributed by atoms with Crippen molar-refractivity contribution >= 4 is 18.1 Å². The predicted octanol–water partition coefficient (Wildman–Crippen LogP) is -1.38. The number of hydrogen-bond acceptors (Lipinski definition) is 3. The van der Waals surface area contributed by atoms with Gasteiger partial charge in [0.15, 0.2) is 0 Å². The van der Waals surface area contributed by atoms with E-state index in [1.54, 1.807) is 6.92 Å². The molecule has 0 aliphatic carbocycles. The van der Waals surface area contributed by atoms with Gasteiger partial charge >= 0.3 is 17.1 Å².